The molecular formula is C24H25N3O3S. The van der Waals surface area contributed by atoms with Crippen LogP contribution in [0.3, 0.4) is 0 Å². The minimum absolute atomic E-state index is 0.0429. The number of Topliss-reactive ketones (excluding diaryl/α,β-unsaturated/α-hetero) is 1. The Morgan fingerprint density at radius 3 is 2.19 bits per heavy atom. The van der Waals surface area contributed by atoms with Gasteiger partial charge in [0.05, 0.1) is 12.8 Å². The van der Waals surface area contributed by atoms with E-state index in [1.54, 1.807) is 14.0 Å². The number of nitrogens with zero attached hydrogens (tertiary/aromatic N) is 3. The number of aryl methyl sites for hydroxylation is 1. The van der Waals surface area contributed by atoms with Crippen LogP contribution < -0.4 is 9.64 Å². The molecule has 1 amide bonds. The molecule has 3 aromatic rings. The molecule has 1 aliphatic heterocycles. The highest BCUT2D eigenvalue weighted by molar-refractivity contribution is 7.17. The van der Waals surface area contributed by atoms with Crippen LogP contribution in [0, 0.1) is 6.92 Å². The summed E-state index contributed by atoms with van der Waals surface area (Å²) < 4.78 is 5.21. The first-order valence-electron chi connectivity index (χ1n) is 10.2. The molecule has 0 bridgehead atoms. The molecule has 1 aliphatic rings. The lowest BCUT2D eigenvalue weighted by Crippen LogP contribution is -2.48. The quantitative estimate of drug-likeness (QED) is 0.560. The molecule has 0 radical (unpaired) electrons. The molecule has 6 nitrogen and oxygen atoms in total. The second-order valence-electron chi connectivity index (χ2n) is 7.54. The summed E-state index contributed by atoms with van der Waals surface area (Å²) in [6.45, 7) is 6.29. The molecule has 0 atom stereocenters. The summed E-state index contributed by atoms with van der Waals surface area (Å²) in [5.41, 5.74) is 3.54. The van der Waals surface area contributed by atoms with Gasteiger partial charge in [-0.05, 0) is 62.4 Å². The van der Waals surface area contributed by atoms with Crippen molar-refractivity contribution in [2.24, 2.45) is 0 Å². The highest BCUT2D eigenvalue weighted by Crippen LogP contribution is 2.30. The number of hydrogen-bond acceptors (Lipinski definition) is 6. The number of thiazole rings is 1. The van der Waals surface area contributed by atoms with Crippen molar-refractivity contribution in [2.75, 3.05) is 38.2 Å². The molecule has 1 aromatic heterocycles. The largest absolute Gasteiger partial charge is 0.497 e. The van der Waals surface area contributed by atoms with Crippen molar-refractivity contribution in [3.8, 4) is 16.3 Å². The van der Waals surface area contributed by atoms with Gasteiger partial charge in [0.1, 0.15) is 15.6 Å². The maximum Gasteiger partial charge on any atom is 0.265 e. The van der Waals surface area contributed by atoms with Gasteiger partial charge in [-0.15, -0.1) is 11.3 Å². The van der Waals surface area contributed by atoms with Crippen LogP contribution in [-0.4, -0.2) is 54.9 Å². The van der Waals surface area contributed by atoms with E-state index in [0.29, 0.717) is 23.5 Å². The average Bonchev–Trinajstić information content (AvgIpc) is 3.20. The van der Waals surface area contributed by atoms with Gasteiger partial charge in [0.2, 0.25) is 0 Å². The van der Waals surface area contributed by atoms with Crippen molar-refractivity contribution in [1.29, 1.82) is 0 Å². The third kappa shape index (κ3) is 4.46. The van der Waals surface area contributed by atoms with Crippen LogP contribution >= 0.6 is 11.3 Å². The van der Waals surface area contributed by atoms with Crippen molar-refractivity contribution < 1.29 is 14.3 Å². The van der Waals surface area contributed by atoms with Gasteiger partial charge in [0, 0.05) is 43.0 Å². The molecule has 1 saturated heterocycles. The molecule has 4 rings (SSSR count). The van der Waals surface area contributed by atoms with E-state index in [2.05, 4.69) is 9.88 Å². The Balaban J connectivity index is 1.42. The number of methoxy groups -OCH3 is 1. The van der Waals surface area contributed by atoms with Gasteiger partial charge in [0.25, 0.3) is 5.91 Å². The molecule has 2 aromatic carbocycles. The fourth-order valence-electron chi connectivity index (χ4n) is 3.67. The minimum Gasteiger partial charge on any atom is -0.497 e. The number of rotatable bonds is 5. The predicted molar refractivity (Wildman–Crippen MR) is 123 cm³/mol. The number of ether oxygens (including phenoxy) is 1. The Morgan fingerprint density at radius 2 is 1.61 bits per heavy atom. The molecule has 7 heteroatoms. The summed E-state index contributed by atoms with van der Waals surface area (Å²) in [7, 11) is 1.64. The second-order valence-corrected chi connectivity index (χ2v) is 8.54. The average molecular weight is 436 g/mol. The van der Waals surface area contributed by atoms with Crippen LogP contribution in [-0.2, 0) is 0 Å². The third-order valence-corrected chi connectivity index (χ3v) is 6.73. The van der Waals surface area contributed by atoms with Crippen LogP contribution in [0.1, 0.15) is 32.6 Å². The number of anilines is 1. The summed E-state index contributed by atoms with van der Waals surface area (Å²) in [5, 5.41) is 0.840. The van der Waals surface area contributed by atoms with Crippen LogP contribution in [0.5, 0.6) is 5.75 Å². The van der Waals surface area contributed by atoms with Crippen molar-refractivity contribution in [3.63, 3.8) is 0 Å². The van der Waals surface area contributed by atoms with Crippen molar-refractivity contribution >= 4 is 28.7 Å². The first kappa shape index (κ1) is 21.1. The zero-order valence-corrected chi connectivity index (χ0v) is 18.7. The lowest BCUT2D eigenvalue weighted by molar-refractivity contribution is 0.0750. The molecule has 0 aliphatic carbocycles. The van der Waals surface area contributed by atoms with Crippen LogP contribution in [0.2, 0.25) is 0 Å². The smallest absolute Gasteiger partial charge is 0.265 e. The maximum atomic E-state index is 13.1. The Labute approximate surface area is 186 Å². The highest BCUT2D eigenvalue weighted by atomic mass is 32.1. The van der Waals surface area contributed by atoms with E-state index in [9.17, 15) is 9.59 Å². The van der Waals surface area contributed by atoms with E-state index in [-0.39, 0.29) is 11.7 Å². The molecule has 0 saturated carbocycles. The minimum atomic E-state index is 0.0429. The van der Waals surface area contributed by atoms with E-state index in [0.717, 1.165) is 40.8 Å². The fraction of sp³-hybridized carbons (Fsp3) is 0.292. The van der Waals surface area contributed by atoms with Gasteiger partial charge in [-0.3, -0.25) is 9.59 Å². The second kappa shape index (κ2) is 8.89. The van der Waals surface area contributed by atoms with Gasteiger partial charge in [-0.2, -0.15) is 0 Å². The summed E-state index contributed by atoms with van der Waals surface area (Å²) in [5.74, 6) is 0.902. The van der Waals surface area contributed by atoms with Crippen molar-refractivity contribution in [1.82, 2.24) is 9.88 Å². The first-order chi connectivity index (χ1) is 15.0. The zero-order chi connectivity index (χ0) is 22.0. The normalized spacial score (nSPS) is 13.9. The molecule has 0 N–H and O–H groups in total. The number of piperazine rings is 1. The highest BCUT2D eigenvalue weighted by Gasteiger charge is 2.26. The molecule has 0 unspecified atom stereocenters. The van der Waals surface area contributed by atoms with Gasteiger partial charge in [0.15, 0.2) is 5.78 Å². The summed E-state index contributed by atoms with van der Waals surface area (Å²) >= 11 is 1.44. The predicted octanol–water partition coefficient (Wildman–Crippen LogP) is 4.29. The van der Waals surface area contributed by atoms with Crippen molar-refractivity contribution in [2.45, 2.75) is 13.8 Å². The lowest BCUT2D eigenvalue weighted by atomic mass is 10.1. The van der Waals surface area contributed by atoms with Gasteiger partial charge >= 0.3 is 0 Å². The van der Waals surface area contributed by atoms with Gasteiger partial charge < -0.3 is 14.5 Å². The number of hydrogen-bond donors (Lipinski definition) is 0. The summed E-state index contributed by atoms with van der Waals surface area (Å²) in [6.07, 6.45) is 0. The SMILES string of the molecule is COc1ccc(-c2nc(C)c(C(=O)N3CCN(c4ccc(C(C)=O)cc4)CC3)s2)cc1. The topological polar surface area (TPSA) is 62.7 Å². The number of aromatic nitrogens is 1. The number of carbonyl (C=O) groups excluding carboxylic acids is 2. The fourth-order valence-corrected chi connectivity index (χ4v) is 4.71. The Bertz CT molecular complexity index is 1080. The Kier molecular flexibility index (Phi) is 6.04. The van der Waals surface area contributed by atoms with E-state index < -0.39 is 0 Å². The monoisotopic (exact) mass is 435 g/mol. The zero-order valence-electron chi connectivity index (χ0n) is 17.9. The number of amides is 1. The first-order valence-corrected chi connectivity index (χ1v) is 11.0. The molecule has 160 valence electrons. The van der Waals surface area contributed by atoms with Crippen molar-refractivity contribution in [3.05, 3.63) is 64.7 Å². The standard InChI is InChI=1S/C24H25N3O3S/c1-16-22(31-23(25-16)19-6-10-21(30-3)11-7-19)24(29)27-14-12-26(13-15-27)20-8-4-18(5-9-20)17(2)28/h4-11H,12-15H2,1-3H3. The molecule has 0 spiro atoms. The number of carbonyl (C=O) groups is 2. The van der Waals surface area contributed by atoms with Gasteiger partial charge in [-0.25, -0.2) is 4.98 Å². The van der Waals surface area contributed by atoms with Crippen LogP contribution in [0.25, 0.3) is 10.6 Å². The van der Waals surface area contributed by atoms with E-state index in [1.165, 1.54) is 11.3 Å². The summed E-state index contributed by atoms with van der Waals surface area (Å²) in [6, 6.07) is 15.4. The number of benzene rings is 2. The maximum absolute atomic E-state index is 13.1. The van der Waals surface area contributed by atoms with Gasteiger partial charge in [-0.1, -0.05) is 0 Å². The lowest BCUT2D eigenvalue weighted by Gasteiger charge is -2.36. The van der Waals surface area contributed by atoms with E-state index >= 15 is 0 Å². The molecule has 2 heterocycles. The molecule has 1 fully saturated rings. The Hall–Kier alpha value is -3.19. The third-order valence-electron chi connectivity index (χ3n) is 5.53. The van der Waals surface area contributed by atoms with E-state index in [4.69, 9.17) is 4.74 Å². The molecule has 31 heavy (non-hydrogen) atoms. The molecular weight excluding hydrogens is 410 g/mol. The van der Waals surface area contributed by atoms with Crippen LogP contribution in [0.4, 0.5) is 5.69 Å². The Morgan fingerprint density at radius 1 is 0.968 bits per heavy atom. The summed E-state index contributed by atoms with van der Waals surface area (Å²) in [4.78, 5) is 34.1. The van der Waals surface area contributed by atoms with E-state index in [1.807, 2.05) is 60.4 Å². The number of ketones is 1. The van der Waals surface area contributed by atoms with Crippen LogP contribution in [0.15, 0.2) is 48.5 Å².